The van der Waals surface area contributed by atoms with Gasteiger partial charge in [-0.15, -0.1) is 0 Å². The standard InChI is InChI=1S/C22H28N4OS/c1-15-5-3-6-16-7-4-9-22(18(15)16)10-8-17-19(26-13-11-23-12-14-26)24-21(28-2)25-20(17)27-22/h3,5-6,23H,4,7-14H2,1-2H3. The van der Waals surface area contributed by atoms with Crippen LogP contribution in [-0.4, -0.2) is 42.4 Å². The van der Waals surface area contributed by atoms with E-state index in [9.17, 15) is 0 Å². The molecule has 0 amide bonds. The molecule has 3 aliphatic rings. The van der Waals surface area contributed by atoms with E-state index in [1.807, 2.05) is 6.26 Å². The minimum absolute atomic E-state index is 0.226. The molecule has 148 valence electrons. The van der Waals surface area contributed by atoms with E-state index in [1.54, 1.807) is 11.8 Å². The van der Waals surface area contributed by atoms with Crippen LogP contribution < -0.4 is 15.0 Å². The highest BCUT2D eigenvalue weighted by atomic mass is 32.2. The van der Waals surface area contributed by atoms with E-state index in [0.717, 1.165) is 68.7 Å². The first kappa shape index (κ1) is 18.3. The average Bonchev–Trinajstić information content (AvgIpc) is 2.73. The van der Waals surface area contributed by atoms with Gasteiger partial charge in [0, 0.05) is 31.7 Å². The minimum Gasteiger partial charge on any atom is -0.466 e. The summed E-state index contributed by atoms with van der Waals surface area (Å²) in [4.78, 5) is 12.1. The molecule has 2 aromatic rings. The molecule has 1 aliphatic carbocycles. The van der Waals surface area contributed by atoms with E-state index in [2.05, 4.69) is 35.3 Å². The number of ether oxygens (including phenoxy) is 1. The topological polar surface area (TPSA) is 50.3 Å². The second-order valence-electron chi connectivity index (χ2n) is 8.11. The maximum absolute atomic E-state index is 6.83. The lowest BCUT2D eigenvalue weighted by Crippen LogP contribution is -2.45. The van der Waals surface area contributed by atoms with Crippen molar-refractivity contribution in [1.82, 2.24) is 15.3 Å². The Bertz CT molecular complexity index is 896. The number of benzene rings is 1. The number of nitrogens with zero attached hydrogens (tertiary/aromatic N) is 3. The number of rotatable bonds is 2. The van der Waals surface area contributed by atoms with E-state index >= 15 is 0 Å². The molecule has 0 radical (unpaired) electrons. The van der Waals surface area contributed by atoms with Gasteiger partial charge in [0.2, 0.25) is 5.88 Å². The summed E-state index contributed by atoms with van der Waals surface area (Å²) < 4.78 is 6.83. The van der Waals surface area contributed by atoms with Gasteiger partial charge in [0.25, 0.3) is 0 Å². The van der Waals surface area contributed by atoms with Crippen molar-refractivity contribution in [2.45, 2.75) is 49.8 Å². The zero-order valence-electron chi connectivity index (χ0n) is 16.8. The van der Waals surface area contributed by atoms with Crippen LogP contribution >= 0.6 is 11.8 Å². The van der Waals surface area contributed by atoms with Gasteiger partial charge in [0.05, 0.1) is 5.56 Å². The normalized spacial score (nSPS) is 23.9. The van der Waals surface area contributed by atoms with Gasteiger partial charge in [-0.3, -0.25) is 0 Å². The fraction of sp³-hybridized carbons (Fsp3) is 0.545. The third-order valence-electron chi connectivity index (χ3n) is 6.44. The molecule has 0 bridgehead atoms. The molecule has 1 saturated heterocycles. The fourth-order valence-corrected chi connectivity index (χ4v) is 5.51. The van der Waals surface area contributed by atoms with E-state index in [1.165, 1.54) is 28.7 Å². The lowest BCUT2D eigenvalue weighted by atomic mass is 9.73. The van der Waals surface area contributed by atoms with E-state index in [-0.39, 0.29) is 5.60 Å². The summed E-state index contributed by atoms with van der Waals surface area (Å²) in [5.41, 5.74) is 5.20. The van der Waals surface area contributed by atoms with Crippen LogP contribution in [0.4, 0.5) is 5.82 Å². The van der Waals surface area contributed by atoms with Crippen LogP contribution in [-0.2, 0) is 18.4 Å². The highest BCUT2D eigenvalue weighted by Crippen LogP contribution is 2.48. The van der Waals surface area contributed by atoms with Crippen molar-refractivity contribution < 1.29 is 4.74 Å². The molecular formula is C22H28N4OS. The van der Waals surface area contributed by atoms with Crippen molar-refractivity contribution in [3.05, 3.63) is 40.5 Å². The Hall–Kier alpha value is -1.79. The number of hydrogen-bond donors (Lipinski definition) is 1. The van der Waals surface area contributed by atoms with Crippen LogP contribution in [0.2, 0.25) is 0 Å². The molecule has 1 aromatic carbocycles. The molecule has 1 N–H and O–H groups in total. The average molecular weight is 397 g/mol. The van der Waals surface area contributed by atoms with E-state index < -0.39 is 0 Å². The SMILES string of the molecule is CSc1nc2c(c(N3CCNCC3)n1)CCC1(CCCc3cccc(C)c31)O2. The van der Waals surface area contributed by atoms with Gasteiger partial charge in [-0.05, 0) is 56.4 Å². The summed E-state index contributed by atoms with van der Waals surface area (Å²) in [5, 5.41) is 4.25. The molecule has 1 fully saturated rings. The summed E-state index contributed by atoms with van der Waals surface area (Å²) in [5.74, 6) is 1.90. The zero-order valence-corrected chi connectivity index (χ0v) is 17.6. The Morgan fingerprint density at radius 2 is 2.00 bits per heavy atom. The van der Waals surface area contributed by atoms with Crippen LogP contribution in [0.25, 0.3) is 0 Å². The molecular weight excluding hydrogens is 368 g/mol. The summed E-state index contributed by atoms with van der Waals surface area (Å²) in [7, 11) is 0. The molecule has 5 rings (SSSR count). The predicted molar refractivity (Wildman–Crippen MR) is 114 cm³/mol. The van der Waals surface area contributed by atoms with Crippen molar-refractivity contribution in [2.75, 3.05) is 37.3 Å². The van der Waals surface area contributed by atoms with Crippen molar-refractivity contribution in [1.29, 1.82) is 0 Å². The largest absolute Gasteiger partial charge is 0.466 e. The number of anilines is 1. The molecule has 0 saturated carbocycles. The summed E-state index contributed by atoms with van der Waals surface area (Å²) >= 11 is 1.60. The van der Waals surface area contributed by atoms with Crippen LogP contribution in [0.15, 0.2) is 23.4 Å². The quantitative estimate of drug-likeness (QED) is 0.620. The molecule has 1 unspecified atom stereocenters. The number of aromatic nitrogens is 2. The Morgan fingerprint density at radius 1 is 1.14 bits per heavy atom. The number of thioether (sulfide) groups is 1. The second kappa shape index (κ2) is 7.23. The molecule has 28 heavy (non-hydrogen) atoms. The van der Waals surface area contributed by atoms with Crippen LogP contribution in [0.3, 0.4) is 0 Å². The predicted octanol–water partition coefficient (Wildman–Crippen LogP) is 3.47. The number of aryl methyl sites for hydroxylation is 2. The summed E-state index contributed by atoms with van der Waals surface area (Å²) in [6.07, 6.45) is 7.45. The van der Waals surface area contributed by atoms with Crippen LogP contribution in [0.1, 0.15) is 41.5 Å². The smallest absolute Gasteiger partial charge is 0.223 e. The zero-order chi connectivity index (χ0) is 19.1. The first-order valence-electron chi connectivity index (χ1n) is 10.4. The van der Waals surface area contributed by atoms with Gasteiger partial charge in [-0.2, -0.15) is 4.98 Å². The lowest BCUT2D eigenvalue weighted by molar-refractivity contribution is 0.0186. The lowest BCUT2D eigenvalue weighted by Gasteiger charge is -2.44. The van der Waals surface area contributed by atoms with Crippen molar-refractivity contribution in [3.8, 4) is 5.88 Å². The summed E-state index contributed by atoms with van der Waals surface area (Å²) in [6, 6.07) is 6.69. The monoisotopic (exact) mass is 396 g/mol. The molecule has 1 spiro atoms. The second-order valence-corrected chi connectivity index (χ2v) is 8.89. The Labute approximate surface area is 171 Å². The van der Waals surface area contributed by atoms with Crippen molar-refractivity contribution in [3.63, 3.8) is 0 Å². The highest BCUT2D eigenvalue weighted by Gasteiger charge is 2.44. The molecule has 1 atom stereocenters. The number of nitrogens with one attached hydrogen (secondary N) is 1. The number of piperazine rings is 1. The van der Waals surface area contributed by atoms with Crippen molar-refractivity contribution >= 4 is 17.6 Å². The first-order chi connectivity index (χ1) is 13.7. The van der Waals surface area contributed by atoms with Crippen LogP contribution in [0, 0.1) is 6.92 Å². The molecule has 5 nitrogen and oxygen atoms in total. The maximum Gasteiger partial charge on any atom is 0.223 e. The Balaban J connectivity index is 1.59. The van der Waals surface area contributed by atoms with Gasteiger partial charge in [0.1, 0.15) is 11.4 Å². The van der Waals surface area contributed by atoms with Gasteiger partial charge >= 0.3 is 0 Å². The number of fused-ring (bicyclic) bond motifs is 3. The summed E-state index contributed by atoms with van der Waals surface area (Å²) in [6.45, 7) is 6.22. The Morgan fingerprint density at radius 3 is 2.82 bits per heavy atom. The highest BCUT2D eigenvalue weighted by molar-refractivity contribution is 7.98. The molecule has 2 aliphatic heterocycles. The van der Waals surface area contributed by atoms with Gasteiger partial charge in [-0.25, -0.2) is 4.98 Å². The third-order valence-corrected chi connectivity index (χ3v) is 6.99. The molecule has 3 heterocycles. The van der Waals surface area contributed by atoms with E-state index in [0.29, 0.717) is 0 Å². The molecule has 1 aromatic heterocycles. The Kier molecular flexibility index (Phi) is 4.71. The minimum atomic E-state index is -0.226. The van der Waals surface area contributed by atoms with Gasteiger partial charge in [0.15, 0.2) is 5.16 Å². The van der Waals surface area contributed by atoms with E-state index in [4.69, 9.17) is 14.7 Å². The fourth-order valence-electron chi connectivity index (χ4n) is 5.16. The first-order valence-corrected chi connectivity index (χ1v) is 11.6. The molecule has 6 heteroatoms. The van der Waals surface area contributed by atoms with Gasteiger partial charge in [-0.1, -0.05) is 30.0 Å². The third kappa shape index (κ3) is 2.98. The maximum atomic E-state index is 6.83. The number of hydrogen-bond acceptors (Lipinski definition) is 6. The van der Waals surface area contributed by atoms with Crippen LogP contribution in [0.5, 0.6) is 5.88 Å². The van der Waals surface area contributed by atoms with Crippen molar-refractivity contribution in [2.24, 2.45) is 0 Å². The van der Waals surface area contributed by atoms with Gasteiger partial charge < -0.3 is 15.0 Å².